The Hall–Kier alpha value is -1.69. The summed E-state index contributed by atoms with van der Waals surface area (Å²) in [6.07, 6.45) is 1.46. The highest BCUT2D eigenvalue weighted by Gasteiger charge is 2.24. The Labute approximate surface area is 144 Å². The number of rotatable bonds is 5. The van der Waals surface area contributed by atoms with E-state index in [0.717, 1.165) is 4.90 Å². The van der Waals surface area contributed by atoms with Gasteiger partial charge < -0.3 is 10.2 Å². The molecule has 1 heterocycles. The summed E-state index contributed by atoms with van der Waals surface area (Å²) in [5.74, 6) is -0.170. The minimum atomic E-state index is -0.414. The predicted molar refractivity (Wildman–Crippen MR) is 89.3 cm³/mol. The van der Waals surface area contributed by atoms with Crippen molar-refractivity contribution in [3.05, 3.63) is 58.0 Å². The molecule has 7 heteroatoms. The molecule has 1 amide bonds. The normalized spacial score (nSPS) is 13.4. The average molecular weight is 357 g/mol. The second-order valence-corrected chi connectivity index (χ2v) is 6.14. The molecule has 0 bridgehead atoms. The summed E-state index contributed by atoms with van der Waals surface area (Å²) in [4.78, 5) is 17.1. The van der Waals surface area contributed by atoms with Crippen LogP contribution in [0.25, 0.3) is 0 Å². The molecule has 2 aromatic rings. The molecule has 0 fully saturated rings. The topological polar surface area (TPSA) is 46.4 Å². The zero-order valence-corrected chi connectivity index (χ0v) is 14.2. The zero-order chi connectivity index (χ0) is 17.0. The van der Waals surface area contributed by atoms with Crippen LogP contribution in [0, 0.1) is 5.82 Å². The van der Waals surface area contributed by atoms with E-state index in [1.165, 1.54) is 12.3 Å². The molecular formula is C16H17Cl2FN3O+. The summed E-state index contributed by atoms with van der Waals surface area (Å²) < 4.78 is 13.8. The Morgan fingerprint density at radius 2 is 2.09 bits per heavy atom. The molecule has 0 spiro atoms. The minimum Gasteiger partial charge on any atom is -0.323 e. The van der Waals surface area contributed by atoms with Crippen molar-refractivity contribution in [3.8, 4) is 0 Å². The van der Waals surface area contributed by atoms with Crippen LogP contribution in [0.4, 0.5) is 10.2 Å². The smallest absolute Gasteiger partial charge is 0.283 e. The molecule has 0 radical (unpaired) electrons. The van der Waals surface area contributed by atoms with E-state index in [2.05, 4.69) is 10.3 Å². The first kappa shape index (κ1) is 17.7. The molecule has 2 N–H and O–H groups in total. The van der Waals surface area contributed by atoms with Gasteiger partial charge in [0.05, 0.1) is 22.7 Å². The number of likely N-dealkylation sites (N-methyl/N-ethyl adjacent to an activating group) is 1. The molecule has 0 aliphatic heterocycles. The number of carbonyl (C=O) groups excluding carboxylic acids is 1. The van der Waals surface area contributed by atoms with Crippen molar-refractivity contribution >= 4 is 34.9 Å². The minimum absolute atomic E-state index is 0.218. The van der Waals surface area contributed by atoms with Crippen LogP contribution in [-0.2, 0) is 11.3 Å². The van der Waals surface area contributed by atoms with E-state index in [4.69, 9.17) is 23.2 Å². The van der Waals surface area contributed by atoms with Gasteiger partial charge in [0.1, 0.15) is 18.2 Å². The lowest BCUT2D eigenvalue weighted by molar-refractivity contribution is -0.908. The third-order valence-corrected chi connectivity index (χ3v) is 4.21. The number of nitrogens with zero attached hydrogens (tertiary/aromatic N) is 1. The number of halogens is 3. The van der Waals surface area contributed by atoms with Gasteiger partial charge in [-0.3, -0.25) is 4.79 Å². The van der Waals surface area contributed by atoms with Gasteiger partial charge in [-0.2, -0.15) is 0 Å². The number of hydrogen-bond acceptors (Lipinski definition) is 2. The van der Waals surface area contributed by atoms with Crippen molar-refractivity contribution in [1.82, 2.24) is 4.98 Å². The number of aromatic nitrogens is 1. The molecule has 2 rings (SSSR count). The average Bonchev–Trinajstić information content (AvgIpc) is 2.52. The number of quaternary nitrogens is 1. The fourth-order valence-electron chi connectivity index (χ4n) is 2.04. The highest BCUT2D eigenvalue weighted by atomic mass is 35.5. The molecule has 1 unspecified atom stereocenters. The number of anilines is 1. The van der Waals surface area contributed by atoms with Crippen LogP contribution in [0.2, 0.25) is 10.0 Å². The molecule has 0 aliphatic rings. The van der Waals surface area contributed by atoms with Gasteiger partial charge in [-0.15, -0.1) is 0 Å². The standard InChI is InChI=1S/C16H16Cl2FN3O/c1-10(16(23)21-15-7-6-11(17)8-20-15)22(2)9-12-13(18)4-3-5-14(12)19/h3-8,10H,9H2,1-2H3,(H,20,21,23)/p+1/t10-/m1/s1. The predicted octanol–water partition coefficient (Wildman–Crippen LogP) is 2.57. The lowest BCUT2D eigenvalue weighted by Gasteiger charge is -2.21. The molecule has 23 heavy (non-hydrogen) atoms. The highest BCUT2D eigenvalue weighted by molar-refractivity contribution is 6.31. The summed E-state index contributed by atoms with van der Waals surface area (Å²) in [5, 5.41) is 3.56. The molecule has 122 valence electrons. The molecule has 4 nitrogen and oxygen atoms in total. The molecule has 1 aromatic heterocycles. The molecule has 2 atom stereocenters. The van der Waals surface area contributed by atoms with Gasteiger partial charge in [0.25, 0.3) is 5.91 Å². The van der Waals surface area contributed by atoms with Gasteiger partial charge in [-0.25, -0.2) is 9.37 Å². The molecule has 0 aliphatic carbocycles. The molecule has 1 aromatic carbocycles. The van der Waals surface area contributed by atoms with E-state index >= 15 is 0 Å². The van der Waals surface area contributed by atoms with Crippen molar-refractivity contribution < 1.29 is 14.1 Å². The number of benzene rings is 1. The van der Waals surface area contributed by atoms with Crippen molar-refractivity contribution in [2.75, 3.05) is 12.4 Å². The van der Waals surface area contributed by atoms with E-state index in [0.29, 0.717) is 28.0 Å². The second kappa shape index (κ2) is 7.73. The SMILES string of the molecule is C[C@H](C(=O)Nc1ccc(Cl)cn1)[NH+](C)Cc1c(F)cccc1Cl. The van der Waals surface area contributed by atoms with Crippen LogP contribution >= 0.6 is 23.2 Å². The summed E-state index contributed by atoms with van der Waals surface area (Å²) >= 11 is 11.8. The third-order valence-electron chi connectivity index (χ3n) is 3.63. The van der Waals surface area contributed by atoms with Crippen LogP contribution < -0.4 is 10.2 Å². The molecule has 0 saturated heterocycles. The lowest BCUT2D eigenvalue weighted by Crippen LogP contribution is -3.12. The quantitative estimate of drug-likeness (QED) is 0.864. The number of carbonyl (C=O) groups is 1. The van der Waals surface area contributed by atoms with E-state index in [1.54, 1.807) is 31.2 Å². The fraction of sp³-hybridized carbons (Fsp3) is 0.250. The first-order valence-electron chi connectivity index (χ1n) is 7.06. The lowest BCUT2D eigenvalue weighted by atomic mass is 10.1. The van der Waals surface area contributed by atoms with Crippen LogP contribution in [0.1, 0.15) is 12.5 Å². The Morgan fingerprint density at radius 3 is 2.70 bits per heavy atom. The highest BCUT2D eigenvalue weighted by Crippen LogP contribution is 2.17. The van der Waals surface area contributed by atoms with Crippen molar-refractivity contribution in [2.24, 2.45) is 0 Å². The molecule has 0 saturated carbocycles. The summed E-state index contributed by atoms with van der Waals surface area (Å²) in [7, 11) is 1.81. The Bertz CT molecular complexity index is 674. The van der Waals surface area contributed by atoms with E-state index in [1.807, 2.05) is 7.05 Å². The van der Waals surface area contributed by atoms with Gasteiger partial charge in [0.15, 0.2) is 6.04 Å². The zero-order valence-electron chi connectivity index (χ0n) is 12.7. The first-order valence-corrected chi connectivity index (χ1v) is 7.81. The van der Waals surface area contributed by atoms with E-state index in [-0.39, 0.29) is 11.7 Å². The van der Waals surface area contributed by atoms with E-state index in [9.17, 15) is 9.18 Å². The Kier molecular flexibility index (Phi) is 5.93. The van der Waals surface area contributed by atoms with Crippen LogP contribution in [-0.4, -0.2) is 24.0 Å². The molecular weight excluding hydrogens is 340 g/mol. The second-order valence-electron chi connectivity index (χ2n) is 5.30. The summed E-state index contributed by atoms with van der Waals surface area (Å²) in [5.41, 5.74) is 0.399. The largest absolute Gasteiger partial charge is 0.323 e. The fourth-order valence-corrected chi connectivity index (χ4v) is 2.38. The number of hydrogen-bond donors (Lipinski definition) is 2. The maximum absolute atomic E-state index is 13.8. The number of nitrogens with one attached hydrogen (secondary N) is 2. The van der Waals surface area contributed by atoms with Crippen molar-refractivity contribution in [2.45, 2.75) is 19.5 Å². The third kappa shape index (κ3) is 4.64. The van der Waals surface area contributed by atoms with Gasteiger partial charge >= 0.3 is 0 Å². The summed E-state index contributed by atoms with van der Waals surface area (Å²) in [6, 6.07) is 7.40. The first-order chi connectivity index (χ1) is 10.9. The van der Waals surface area contributed by atoms with Gasteiger partial charge in [-0.05, 0) is 31.2 Å². The Morgan fingerprint density at radius 1 is 1.35 bits per heavy atom. The summed E-state index contributed by atoms with van der Waals surface area (Å²) in [6.45, 7) is 2.06. The van der Waals surface area contributed by atoms with Crippen molar-refractivity contribution in [3.63, 3.8) is 0 Å². The Balaban J connectivity index is 2.02. The van der Waals surface area contributed by atoms with Crippen LogP contribution in [0.15, 0.2) is 36.5 Å². The van der Waals surface area contributed by atoms with Crippen molar-refractivity contribution in [1.29, 1.82) is 0 Å². The maximum Gasteiger partial charge on any atom is 0.283 e. The van der Waals surface area contributed by atoms with Gasteiger partial charge in [0.2, 0.25) is 0 Å². The van der Waals surface area contributed by atoms with Gasteiger partial charge in [0, 0.05) is 6.20 Å². The van der Waals surface area contributed by atoms with Crippen LogP contribution in [0.3, 0.4) is 0 Å². The number of amides is 1. The van der Waals surface area contributed by atoms with Gasteiger partial charge in [-0.1, -0.05) is 29.3 Å². The monoisotopic (exact) mass is 356 g/mol. The van der Waals surface area contributed by atoms with E-state index < -0.39 is 6.04 Å². The number of pyridine rings is 1. The maximum atomic E-state index is 13.8. The van der Waals surface area contributed by atoms with Crippen LogP contribution in [0.5, 0.6) is 0 Å².